The number of aromatic carboxylic acids is 1. The molecule has 1 aromatic carbocycles. The van der Waals surface area contributed by atoms with Crippen molar-refractivity contribution in [1.82, 2.24) is 4.90 Å². The predicted molar refractivity (Wildman–Crippen MR) is 83.7 cm³/mol. The van der Waals surface area contributed by atoms with Gasteiger partial charge in [-0.05, 0) is 40.5 Å². The van der Waals surface area contributed by atoms with Crippen molar-refractivity contribution in [2.75, 3.05) is 25.0 Å². The number of unbranched alkanes of at least 4 members (excludes halogenated alkanes) is 1. The second kappa shape index (κ2) is 8.63. The number of nitrogens with one attached hydrogen (secondary N) is 1. The van der Waals surface area contributed by atoms with Crippen molar-refractivity contribution in [1.29, 1.82) is 0 Å². The molecular weight excluding hydrogens is 340 g/mol. The molecule has 0 aromatic heterocycles. The molecule has 0 aliphatic heterocycles. The molecule has 116 valence electrons. The maximum atomic E-state index is 12.1. The van der Waals surface area contributed by atoms with Crippen molar-refractivity contribution in [3.05, 3.63) is 28.2 Å². The Kier molecular flexibility index (Phi) is 7.18. The highest BCUT2D eigenvalue weighted by Gasteiger charge is 2.14. The molecule has 6 nitrogen and oxygen atoms in total. The van der Waals surface area contributed by atoms with Gasteiger partial charge in [-0.25, -0.2) is 9.59 Å². The van der Waals surface area contributed by atoms with E-state index in [1.165, 1.54) is 23.1 Å². The number of rotatable bonds is 7. The summed E-state index contributed by atoms with van der Waals surface area (Å²) >= 11 is 3.24. The zero-order valence-corrected chi connectivity index (χ0v) is 13.4. The Bertz CT molecular complexity index is 508. The van der Waals surface area contributed by atoms with Crippen LogP contribution in [0.2, 0.25) is 0 Å². The zero-order valence-electron chi connectivity index (χ0n) is 11.8. The summed E-state index contributed by atoms with van der Waals surface area (Å²) in [5.41, 5.74) is 0.627. The lowest BCUT2D eigenvalue weighted by Gasteiger charge is -2.22. The van der Waals surface area contributed by atoms with Crippen molar-refractivity contribution in [2.45, 2.75) is 19.8 Å². The number of anilines is 1. The average Bonchev–Trinajstić information content (AvgIpc) is 2.45. The number of aliphatic hydroxyl groups excluding tert-OH is 1. The van der Waals surface area contributed by atoms with E-state index in [-0.39, 0.29) is 24.7 Å². The first kappa shape index (κ1) is 17.5. The van der Waals surface area contributed by atoms with Crippen LogP contribution >= 0.6 is 15.9 Å². The van der Waals surface area contributed by atoms with Gasteiger partial charge < -0.3 is 20.4 Å². The molecule has 0 spiro atoms. The molecule has 0 fully saturated rings. The van der Waals surface area contributed by atoms with Crippen LogP contribution in [0, 0.1) is 0 Å². The summed E-state index contributed by atoms with van der Waals surface area (Å²) in [6, 6.07) is 4.06. The normalized spacial score (nSPS) is 10.2. The van der Waals surface area contributed by atoms with Crippen molar-refractivity contribution in [2.24, 2.45) is 0 Å². The van der Waals surface area contributed by atoms with Gasteiger partial charge in [-0.3, -0.25) is 0 Å². The van der Waals surface area contributed by atoms with Crippen LogP contribution < -0.4 is 5.32 Å². The van der Waals surface area contributed by atoms with Crippen molar-refractivity contribution in [3.63, 3.8) is 0 Å². The third-order valence-corrected chi connectivity index (χ3v) is 3.55. The van der Waals surface area contributed by atoms with Gasteiger partial charge in [0.05, 0.1) is 17.9 Å². The smallest absolute Gasteiger partial charge is 0.335 e. The van der Waals surface area contributed by atoms with Gasteiger partial charge in [-0.1, -0.05) is 13.3 Å². The summed E-state index contributed by atoms with van der Waals surface area (Å²) in [6.07, 6.45) is 1.80. The molecule has 1 aromatic rings. The minimum atomic E-state index is -1.03. The Balaban J connectivity index is 2.78. The molecule has 0 aliphatic rings. The molecule has 0 aliphatic carbocycles. The number of halogens is 1. The van der Waals surface area contributed by atoms with Crippen LogP contribution in [0.4, 0.5) is 10.5 Å². The molecule has 0 radical (unpaired) electrons. The Labute approximate surface area is 131 Å². The Morgan fingerprint density at radius 3 is 2.57 bits per heavy atom. The summed E-state index contributed by atoms with van der Waals surface area (Å²) in [6.45, 7) is 2.75. The molecular formula is C14H19BrN2O4. The third kappa shape index (κ3) is 5.35. The maximum Gasteiger partial charge on any atom is 0.335 e. The Hall–Kier alpha value is -1.60. The molecule has 3 N–H and O–H groups in total. The van der Waals surface area contributed by atoms with Crippen LogP contribution in [0.15, 0.2) is 22.7 Å². The molecule has 21 heavy (non-hydrogen) atoms. The number of urea groups is 1. The minimum Gasteiger partial charge on any atom is -0.478 e. The average molecular weight is 359 g/mol. The fourth-order valence-electron chi connectivity index (χ4n) is 1.73. The molecule has 0 unspecified atom stereocenters. The number of carboxylic acid groups (broad SMARTS) is 1. The lowest BCUT2D eigenvalue weighted by atomic mass is 10.2. The van der Waals surface area contributed by atoms with E-state index in [0.29, 0.717) is 16.7 Å². The van der Waals surface area contributed by atoms with Crippen LogP contribution in [0.3, 0.4) is 0 Å². The van der Waals surface area contributed by atoms with E-state index < -0.39 is 5.97 Å². The zero-order chi connectivity index (χ0) is 15.8. The summed E-state index contributed by atoms with van der Waals surface area (Å²) < 4.78 is 0.496. The lowest BCUT2D eigenvalue weighted by molar-refractivity contribution is 0.0697. The van der Waals surface area contributed by atoms with E-state index in [4.69, 9.17) is 10.2 Å². The number of aliphatic hydroxyl groups is 1. The van der Waals surface area contributed by atoms with Crippen LogP contribution in [0.1, 0.15) is 30.1 Å². The van der Waals surface area contributed by atoms with Gasteiger partial charge in [0.2, 0.25) is 0 Å². The fourth-order valence-corrected chi connectivity index (χ4v) is 2.21. The van der Waals surface area contributed by atoms with E-state index in [1.54, 1.807) is 0 Å². The summed E-state index contributed by atoms with van der Waals surface area (Å²) in [5, 5.41) is 20.6. The van der Waals surface area contributed by atoms with Gasteiger partial charge in [0.1, 0.15) is 0 Å². The van der Waals surface area contributed by atoms with Gasteiger partial charge in [0.25, 0.3) is 0 Å². The van der Waals surface area contributed by atoms with Gasteiger partial charge in [0, 0.05) is 17.6 Å². The van der Waals surface area contributed by atoms with E-state index in [1.807, 2.05) is 6.92 Å². The Morgan fingerprint density at radius 1 is 1.33 bits per heavy atom. The van der Waals surface area contributed by atoms with Crippen molar-refractivity contribution < 1.29 is 19.8 Å². The Morgan fingerprint density at radius 2 is 2.05 bits per heavy atom. The second-order valence-electron chi connectivity index (χ2n) is 4.49. The number of benzene rings is 1. The first-order chi connectivity index (χ1) is 9.99. The fraction of sp³-hybridized carbons (Fsp3) is 0.429. The number of amides is 2. The topological polar surface area (TPSA) is 89.9 Å². The van der Waals surface area contributed by atoms with E-state index >= 15 is 0 Å². The van der Waals surface area contributed by atoms with Gasteiger partial charge in [-0.2, -0.15) is 0 Å². The number of hydrogen-bond acceptors (Lipinski definition) is 3. The maximum absolute atomic E-state index is 12.1. The molecule has 0 atom stereocenters. The molecule has 0 heterocycles. The quantitative estimate of drug-likeness (QED) is 0.698. The predicted octanol–water partition coefficient (Wildman–Crippen LogP) is 2.77. The number of carbonyl (C=O) groups excluding carboxylic acids is 1. The summed E-state index contributed by atoms with van der Waals surface area (Å²) in [7, 11) is 0. The first-order valence-electron chi connectivity index (χ1n) is 6.69. The summed E-state index contributed by atoms with van der Waals surface area (Å²) in [5.74, 6) is -1.03. The molecule has 2 amide bonds. The van der Waals surface area contributed by atoms with Crippen LogP contribution in [-0.2, 0) is 0 Å². The largest absolute Gasteiger partial charge is 0.478 e. The van der Waals surface area contributed by atoms with Crippen LogP contribution in [-0.4, -0.2) is 46.8 Å². The highest BCUT2D eigenvalue weighted by atomic mass is 79.9. The number of nitrogens with zero attached hydrogens (tertiary/aromatic N) is 1. The minimum absolute atomic E-state index is 0.101. The van der Waals surface area contributed by atoms with Gasteiger partial charge >= 0.3 is 12.0 Å². The number of carbonyl (C=O) groups is 2. The number of hydrogen-bond donors (Lipinski definition) is 3. The second-order valence-corrected chi connectivity index (χ2v) is 5.35. The third-order valence-electron chi connectivity index (χ3n) is 2.90. The van der Waals surface area contributed by atoms with Gasteiger partial charge in [-0.15, -0.1) is 0 Å². The first-order valence-corrected chi connectivity index (χ1v) is 7.48. The molecule has 1 rings (SSSR count). The van der Waals surface area contributed by atoms with E-state index in [9.17, 15) is 9.59 Å². The van der Waals surface area contributed by atoms with E-state index in [0.717, 1.165) is 12.8 Å². The molecule has 0 bridgehead atoms. The highest BCUT2D eigenvalue weighted by Crippen LogP contribution is 2.24. The highest BCUT2D eigenvalue weighted by molar-refractivity contribution is 9.10. The monoisotopic (exact) mass is 358 g/mol. The van der Waals surface area contributed by atoms with Crippen molar-refractivity contribution >= 4 is 33.6 Å². The van der Waals surface area contributed by atoms with Crippen LogP contribution in [0.25, 0.3) is 0 Å². The van der Waals surface area contributed by atoms with E-state index in [2.05, 4.69) is 21.2 Å². The molecule has 7 heteroatoms. The number of carboxylic acids is 1. The molecule has 0 saturated carbocycles. The molecule has 0 saturated heterocycles. The van der Waals surface area contributed by atoms with Crippen LogP contribution in [0.5, 0.6) is 0 Å². The van der Waals surface area contributed by atoms with Gasteiger partial charge in [0.15, 0.2) is 0 Å². The SMILES string of the molecule is CCCCN(CCO)C(=O)Nc1ccc(C(=O)O)cc1Br. The standard InChI is InChI=1S/C14H19BrN2O4/c1-2-3-6-17(7-8-18)14(21)16-12-5-4-10(13(19)20)9-11(12)15/h4-5,9,18H,2-3,6-8H2,1H3,(H,16,21)(H,19,20). The lowest BCUT2D eigenvalue weighted by Crippen LogP contribution is -2.37. The summed E-state index contributed by atoms with van der Waals surface area (Å²) in [4.78, 5) is 24.5. The van der Waals surface area contributed by atoms with Crippen molar-refractivity contribution in [3.8, 4) is 0 Å².